The van der Waals surface area contributed by atoms with Gasteiger partial charge >= 0.3 is 0 Å². The van der Waals surface area contributed by atoms with Crippen LogP contribution in [0.15, 0.2) is 24.3 Å². The van der Waals surface area contributed by atoms with Crippen molar-refractivity contribution in [2.24, 2.45) is 0 Å². The fourth-order valence-electron chi connectivity index (χ4n) is 2.87. The lowest BCUT2D eigenvalue weighted by Gasteiger charge is -2.35. The average molecular weight is 274 g/mol. The number of aryl methyl sites for hydroxylation is 1. The minimum absolute atomic E-state index is 0.253. The SMILES string of the molecule is CCC1CCCCN1C(=O)CNCc1ccc(C)cc1. The Bertz CT molecular complexity index is 427. The molecule has 1 N–H and O–H groups in total. The average Bonchev–Trinajstić information content (AvgIpc) is 2.49. The summed E-state index contributed by atoms with van der Waals surface area (Å²) in [6.07, 6.45) is 4.66. The lowest BCUT2D eigenvalue weighted by molar-refractivity contribution is -0.134. The number of carbonyl (C=O) groups excluding carboxylic acids is 1. The lowest BCUT2D eigenvalue weighted by atomic mass is 10.00. The number of carbonyl (C=O) groups is 1. The zero-order valence-electron chi connectivity index (χ0n) is 12.7. The Morgan fingerprint density at radius 1 is 1.30 bits per heavy atom. The van der Waals surface area contributed by atoms with Gasteiger partial charge in [-0.15, -0.1) is 0 Å². The van der Waals surface area contributed by atoms with Crippen molar-refractivity contribution in [3.8, 4) is 0 Å². The molecule has 1 aromatic carbocycles. The van der Waals surface area contributed by atoms with Gasteiger partial charge in [0.1, 0.15) is 0 Å². The van der Waals surface area contributed by atoms with Crippen LogP contribution in [0.4, 0.5) is 0 Å². The normalized spacial score (nSPS) is 19.1. The van der Waals surface area contributed by atoms with Crippen LogP contribution >= 0.6 is 0 Å². The summed E-state index contributed by atoms with van der Waals surface area (Å²) >= 11 is 0. The first kappa shape index (κ1) is 15.0. The molecule has 1 amide bonds. The van der Waals surface area contributed by atoms with Gasteiger partial charge in [-0.1, -0.05) is 36.8 Å². The molecule has 0 radical (unpaired) electrons. The first-order chi connectivity index (χ1) is 9.70. The highest BCUT2D eigenvalue weighted by molar-refractivity contribution is 5.78. The Balaban J connectivity index is 1.78. The highest BCUT2D eigenvalue weighted by atomic mass is 16.2. The number of piperidine rings is 1. The minimum atomic E-state index is 0.253. The zero-order chi connectivity index (χ0) is 14.4. The van der Waals surface area contributed by atoms with Gasteiger partial charge < -0.3 is 10.2 Å². The van der Waals surface area contributed by atoms with Gasteiger partial charge in [0, 0.05) is 19.1 Å². The molecule has 3 heteroatoms. The topological polar surface area (TPSA) is 32.3 Å². The standard InChI is InChI=1S/C17H26N2O/c1-3-16-6-4-5-11-19(16)17(20)13-18-12-15-9-7-14(2)8-10-15/h7-10,16,18H,3-6,11-13H2,1-2H3. The van der Waals surface area contributed by atoms with Gasteiger partial charge in [0.05, 0.1) is 6.54 Å². The van der Waals surface area contributed by atoms with E-state index in [9.17, 15) is 4.79 Å². The molecule has 1 unspecified atom stereocenters. The Hall–Kier alpha value is -1.35. The molecule has 110 valence electrons. The maximum absolute atomic E-state index is 12.3. The van der Waals surface area contributed by atoms with Crippen molar-refractivity contribution in [3.05, 3.63) is 35.4 Å². The Morgan fingerprint density at radius 3 is 2.75 bits per heavy atom. The second kappa shape index (κ2) is 7.44. The van der Waals surface area contributed by atoms with Gasteiger partial charge in [-0.25, -0.2) is 0 Å². The first-order valence-corrected chi connectivity index (χ1v) is 7.76. The monoisotopic (exact) mass is 274 g/mol. The van der Waals surface area contributed by atoms with Crippen molar-refractivity contribution in [1.29, 1.82) is 0 Å². The van der Waals surface area contributed by atoms with Crippen LogP contribution in [-0.2, 0) is 11.3 Å². The summed E-state index contributed by atoms with van der Waals surface area (Å²) in [5, 5.41) is 3.27. The number of rotatable bonds is 5. The number of likely N-dealkylation sites (tertiary alicyclic amines) is 1. The summed E-state index contributed by atoms with van der Waals surface area (Å²) in [5.41, 5.74) is 2.50. The molecule has 0 saturated carbocycles. The van der Waals surface area contributed by atoms with Gasteiger partial charge in [-0.2, -0.15) is 0 Å². The second-order valence-corrected chi connectivity index (χ2v) is 5.73. The molecule has 0 aliphatic carbocycles. The van der Waals surface area contributed by atoms with Crippen LogP contribution in [0.3, 0.4) is 0 Å². The summed E-state index contributed by atoms with van der Waals surface area (Å²) in [5.74, 6) is 0.253. The fraction of sp³-hybridized carbons (Fsp3) is 0.588. The Kier molecular flexibility index (Phi) is 5.60. The maximum Gasteiger partial charge on any atom is 0.236 e. The molecule has 1 heterocycles. The largest absolute Gasteiger partial charge is 0.339 e. The quantitative estimate of drug-likeness (QED) is 0.895. The number of nitrogens with zero attached hydrogens (tertiary/aromatic N) is 1. The van der Waals surface area contributed by atoms with E-state index in [2.05, 4.69) is 48.3 Å². The number of amides is 1. The van der Waals surface area contributed by atoms with E-state index in [1.807, 2.05) is 0 Å². The molecule has 0 aromatic heterocycles. The van der Waals surface area contributed by atoms with E-state index < -0.39 is 0 Å². The van der Waals surface area contributed by atoms with Crippen LogP contribution in [0.1, 0.15) is 43.7 Å². The van der Waals surface area contributed by atoms with Crippen molar-refractivity contribution < 1.29 is 4.79 Å². The van der Waals surface area contributed by atoms with E-state index in [0.717, 1.165) is 25.9 Å². The molecule has 1 atom stereocenters. The van der Waals surface area contributed by atoms with E-state index in [-0.39, 0.29) is 5.91 Å². The van der Waals surface area contributed by atoms with E-state index in [4.69, 9.17) is 0 Å². The van der Waals surface area contributed by atoms with E-state index in [0.29, 0.717) is 12.6 Å². The van der Waals surface area contributed by atoms with Crippen LogP contribution in [0.25, 0.3) is 0 Å². The van der Waals surface area contributed by atoms with Gasteiger partial charge in [0.2, 0.25) is 5.91 Å². The molecule has 1 aromatic rings. The molecular weight excluding hydrogens is 248 g/mol. The molecule has 20 heavy (non-hydrogen) atoms. The maximum atomic E-state index is 12.3. The van der Waals surface area contributed by atoms with Crippen LogP contribution in [-0.4, -0.2) is 29.9 Å². The number of hydrogen-bond donors (Lipinski definition) is 1. The third-order valence-electron chi connectivity index (χ3n) is 4.14. The van der Waals surface area contributed by atoms with Crippen LogP contribution in [0.5, 0.6) is 0 Å². The molecule has 1 aliphatic rings. The van der Waals surface area contributed by atoms with E-state index >= 15 is 0 Å². The predicted octanol–water partition coefficient (Wildman–Crippen LogP) is 2.88. The van der Waals surface area contributed by atoms with Crippen LogP contribution in [0.2, 0.25) is 0 Å². The molecule has 0 spiro atoms. The zero-order valence-corrected chi connectivity index (χ0v) is 12.7. The van der Waals surface area contributed by atoms with Crippen molar-refractivity contribution >= 4 is 5.91 Å². The highest BCUT2D eigenvalue weighted by Gasteiger charge is 2.24. The first-order valence-electron chi connectivity index (χ1n) is 7.76. The van der Waals surface area contributed by atoms with Crippen LogP contribution < -0.4 is 5.32 Å². The molecule has 1 aliphatic heterocycles. The van der Waals surface area contributed by atoms with Gasteiger partial charge in [0.15, 0.2) is 0 Å². The summed E-state index contributed by atoms with van der Waals surface area (Å²) in [7, 11) is 0. The molecule has 1 fully saturated rings. The minimum Gasteiger partial charge on any atom is -0.339 e. The summed E-state index contributed by atoms with van der Waals surface area (Å²) in [4.78, 5) is 14.4. The van der Waals surface area contributed by atoms with Crippen molar-refractivity contribution in [2.75, 3.05) is 13.1 Å². The predicted molar refractivity (Wildman–Crippen MR) is 82.5 cm³/mol. The number of hydrogen-bond acceptors (Lipinski definition) is 2. The van der Waals surface area contributed by atoms with Crippen LogP contribution in [0, 0.1) is 6.92 Å². The third-order valence-corrected chi connectivity index (χ3v) is 4.14. The van der Waals surface area contributed by atoms with Gasteiger partial charge in [0.25, 0.3) is 0 Å². The molecule has 2 rings (SSSR count). The van der Waals surface area contributed by atoms with Crippen molar-refractivity contribution in [1.82, 2.24) is 10.2 Å². The number of benzene rings is 1. The summed E-state index contributed by atoms with van der Waals surface area (Å²) < 4.78 is 0. The molecule has 1 saturated heterocycles. The summed E-state index contributed by atoms with van der Waals surface area (Å²) in [6.45, 7) is 6.41. The second-order valence-electron chi connectivity index (χ2n) is 5.73. The lowest BCUT2D eigenvalue weighted by Crippen LogP contribution is -2.46. The third kappa shape index (κ3) is 4.07. The molecular formula is C17H26N2O. The van der Waals surface area contributed by atoms with Gasteiger partial charge in [-0.05, 0) is 38.2 Å². The Morgan fingerprint density at radius 2 is 2.05 bits per heavy atom. The Labute approximate surface area is 122 Å². The van der Waals surface area contributed by atoms with Gasteiger partial charge in [-0.3, -0.25) is 4.79 Å². The highest BCUT2D eigenvalue weighted by Crippen LogP contribution is 2.19. The number of nitrogens with one attached hydrogen (secondary N) is 1. The molecule has 3 nitrogen and oxygen atoms in total. The fourth-order valence-corrected chi connectivity index (χ4v) is 2.87. The van der Waals surface area contributed by atoms with E-state index in [1.165, 1.54) is 24.0 Å². The van der Waals surface area contributed by atoms with Crippen molar-refractivity contribution in [3.63, 3.8) is 0 Å². The van der Waals surface area contributed by atoms with Crippen molar-refractivity contribution in [2.45, 2.75) is 52.1 Å². The van der Waals surface area contributed by atoms with E-state index in [1.54, 1.807) is 0 Å². The summed E-state index contributed by atoms with van der Waals surface area (Å²) in [6, 6.07) is 8.90. The smallest absolute Gasteiger partial charge is 0.236 e. The molecule has 0 bridgehead atoms.